The average molecular weight is 354 g/mol. The van der Waals surface area contributed by atoms with Crippen molar-refractivity contribution in [3.8, 4) is 5.75 Å². The third-order valence-electron chi connectivity index (χ3n) is 4.34. The molecule has 0 saturated carbocycles. The predicted molar refractivity (Wildman–Crippen MR) is 98.7 cm³/mol. The van der Waals surface area contributed by atoms with Crippen LogP contribution in [0.5, 0.6) is 5.75 Å². The molecule has 1 aromatic carbocycles. The lowest BCUT2D eigenvalue weighted by atomic mass is 10.1. The number of nitrogens with one attached hydrogen (secondary N) is 2. The second kappa shape index (κ2) is 7.43. The highest BCUT2D eigenvalue weighted by molar-refractivity contribution is 5.99. The summed E-state index contributed by atoms with van der Waals surface area (Å²) < 4.78 is 6.62. The van der Waals surface area contributed by atoms with Gasteiger partial charge in [0.25, 0.3) is 11.5 Å². The molecule has 0 unspecified atom stereocenters. The van der Waals surface area contributed by atoms with Crippen molar-refractivity contribution in [1.29, 1.82) is 0 Å². The molecule has 1 amide bonds. The first-order valence-corrected chi connectivity index (χ1v) is 8.56. The van der Waals surface area contributed by atoms with Crippen LogP contribution in [0.2, 0.25) is 0 Å². The van der Waals surface area contributed by atoms with Crippen LogP contribution in [0, 0.1) is 6.92 Å². The van der Waals surface area contributed by atoms with E-state index in [1.54, 1.807) is 14.0 Å². The Morgan fingerprint density at radius 3 is 2.85 bits per heavy atom. The zero-order valence-electron chi connectivity index (χ0n) is 15.1. The molecule has 3 aromatic rings. The van der Waals surface area contributed by atoms with Crippen LogP contribution in [0.25, 0.3) is 5.65 Å². The number of nitrogens with zero attached hydrogens (tertiary/aromatic N) is 2. The quantitative estimate of drug-likeness (QED) is 0.710. The highest BCUT2D eigenvalue weighted by Gasteiger charge is 2.18. The Bertz CT molecular complexity index is 1000. The Labute approximate surface area is 151 Å². The Balaban J connectivity index is 1.88. The van der Waals surface area contributed by atoms with Crippen LogP contribution in [-0.4, -0.2) is 27.6 Å². The molecule has 0 radical (unpaired) electrons. The fourth-order valence-electron chi connectivity index (χ4n) is 2.98. The van der Waals surface area contributed by atoms with Gasteiger partial charge in [0.15, 0.2) is 5.65 Å². The van der Waals surface area contributed by atoms with Crippen molar-refractivity contribution >= 4 is 11.6 Å². The van der Waals surface area contributed by atoms with Crippen LogP contribution in [0.15, 0.2) is 35.3 Å². The monoisotopic (exact) mass is 354 g/mol. The van der Waals surface area contributed by atoms with Crippen LogP contribution in [0.3, 0.4) is 0 Å². The lowest BCUT2D eigenvalue weighted by Crippen LogP contribution is -2.25. The number of ether oxygens (including phenoxy) is 1. The Morgan fingerprint density at radius 2 is 2.12 bits per heavy atom. The summed E-state index contributed by atoms with van der Waals surface area (Å²) in [4.78, 5) is 29.7. The highest BCUT2D eigenvalue weighted by Crippen LogP contribution is 2.17. The van der Waals surface area contributed by atoms with Crippen molar-refractivity contribution in [3.05, 3.63) is 63.2 Å². The molecule has 2 heterocycles. The number of carbonyl (C=O) groups is 1. The molecule has 7 nitrogen and oxygen atoms in total. The van der Waals surface area contributed by atoms with Crippen molar-refractivity contribution in [2.45, 2.75) is 33.2 Å². The highest BCUT2D eigenvalue weighted by atomic mass is 16.5. The third-order valence-corrected chi connectivity index (χ3v) is 4.34. The summed E-state index contributed by atoms with van der Waals surface area (Å²) in [5.74, 6) is 0.408. The van der Waals surface area contributed by atoms with Gasteiger partial charge < -0.3 is 10.1 Å². The van der Waals surface area contributed by atoms with E-state index in [0.717, 1.165) is 12.0 Å². The minimum Gasteiger partial charge on any atom is -0.496 e. The van der Waals surface area contributed by atoms with E-state index in [1.807, 2.05) is 31.2 Å². The molecule has 0 aliphatic carbocycles. The van der Waals surface area contributed by atoms with E-state index >= 15 is 0 Å². The van der Waals surface area contributed by atoms with E-state index in [0.29, 0.717) is 41.2 Å². The third kappa shape index (κ3) is 3.20. The van der Waals surface area contributed by atoms with E-state index in [2.05, 4.69) is 15.4 Å². The maximum atomic E-state index is 12.6. The maximum Gasteiger partial charge on any atom is 0.276 e. The summed E-state index contributed by atoms with van der Waals surface area (Å²) in [7, 11) is 1.59. The largest absolute Gasteiger partial charge is 0.496 e. The Kier molecular flexibility index (Phi) is 5.06. The van der Waals surface area contributed by atoms with Gasteiger partial charge in [0.05, 0.1) is 7.11 Å². The fourth-order valence-corrected chi connectivity index (χ4v) is 2.98. The molecule has 0 aliphatic heterocycles. The average Bonchev–Trinajstić information content (AvgIpc) is 3.07. The minimum absolute atomic E-state index is 0.155. The molecule has 7 heteroatoms. The first-order valence-electron chi connectivity index (χ1n) is 8.56. The summed E-state index contributed by atoms with van der Waals surface area (Å²) in [6.07, 6.45) is 3.03. The molecule has 0 aliphatic rings. The second-order valence-corrected chi connectivity index (χ2v) is 6.07. The molecule has 0 saturated heterocycles. The first kappa shape index (κ1) is 17.7. The van der Waals surface area contributed by atoms with Crippen LogP contribution in [-0.2, 0) is 13.0 Å². The maximum absolute atomic E-state index is 12.6. The predicted octanol–water partition coefficient (Wildman–Crippen LogP) is 2.22. The number of benzene rings is 1. The first-order chi connectivity index (χ1) is 12.6. The number of aryl methyl sites for hydroxylation is 1. The number of rotatable bonds is 6. The van der Waals surface area contributed by atoms with Gasteiger partial charge in [-0.2, -0.15) is 0 Å². The SMILES string of the molecule is CCCc1c(C)nc2c(C(=O)NCc3ccccc3OC)c[nH]n2c1=O. The van der Waals surface area contributed by atoms with Gasteiger partial charge in [0, 0.05) is 29.6 Å². The summed E-state index contributed by atoms with van der Waals surface area (Å²) in [5.41, 5.74) is 2.73. The number of fused-ring (bicyclic) bond motifs is 1. The van der Waals surface area contributed by atoms with Crippen molar-refractivity contribution in [2.24, 2.45) is 0 Å². The second-order valence-electron chi connectivity index (χ2n) is 6.07. The molecule has 0 bridgehead atoms. The van der Waals surface area contributed by atoms with Crippen LogP contribution in [0.1, 0.15) is 40.5 Å². The van der Waals surface area contributed by atoms with Crippen molar-refractivity contribution in [1.82, 2.24) is 19.9 Å². The molecule has 2 N–H and O–H groups in total. The summed E-state index contributed by atoms with van der Waals surface area (Å²) in [6, 6.07) is 7.48. The van der Waals surface area contributed by atoms with Gasteiger partial charge in [0.2, 0.25) is 0 Å². The van der Waals surface area contributed by atoms with E-state index in [9.17, 15) is 9.59 Å². The summed E-state index contributed by atoms with van der Waals surface area (Å²) in [6.45, 7) is 4.13. The number of para-hydroxylation sites is 1. The number of carbonyl (C=O) groups excluding carboxylic acids is 1. The summed E-state index contributed by atoms with van der Waals surface area (Å²) >= 11 is 0. The Hall–Kier alpha value is -3.09. The van der Waals surface area contributed by atoms with Gasteiger partial charge in [-0.05, 0) is 19.4 Å². The van der Waals surface area contributed by atoms with Gasteiger partial charge in [-0.15, -0.1) is 0 Å². The molecule has 0 spiro atoms. The molecule has 0 atom stereocenters. The van der Waals surface area contributed by atoms with E-state index in [4.69, 9.17) is 4.74 Å². The topological polar surface area (TPSA) is 88.5 Å². The van der Waals surface area contributed by atoms with E-state index in [-0.39, 0.29) is 11.5 Å². The van der Waals surface area contributed by atoms with Crippen LogP contribution >= 0.6 is 0 Å². The zero-order chi connectivity index (χ0) is 18.7. The smallest absolute Gasteiger partial charge is 0.276 e. The molecule has 2 aromatic heterocycles. The van der Waals surface area contributed by atoms with Crippen molar-refractivity contribution in [2.75, 3.05) is 7.11 Å². The van der Waals surface area contributed by atoms with Gasteiger partial charge >= 0.3 is 0 Å². The molecule has 136 valence electrons. The van der Waals surface area contributed by atoms with Gasteiger partial charge in [-0.25, -0.2) is 9.50 Å². The van der Waals surface area contributed by atoms with Crippen LogP contribution < -0.4 is 15.6 Å². The van der Waals surface area contributed by atoms with Gasteiger partial charge in [-0.1, -0.05) is 31.5 Å². The van der Waals surface area contributed by atoms with E-state index in [1.165, 1.54) is 10.7 Å². The van der Waals surface area contributed by atoms with Crippen LogP contribution in [0.4, 0.5) is 0 Å². The molecule has 26 heavy (non-hydrogen) atoms. The normalized spacial score (nSPS) is 10.9. The van der Waals surface area contributed by atoms with Gasteiger partial charge in [0.1, 0.15) is 11.3 Å². The Morgan fingerprint density at radius 1 is 1.35 bits per heavy atom. The van der Waals surface area contributed by atoms with Crippen molar-refractivity contribution in [3.63, 3.8) is 0 Å². The number of aromatic amines is 1. The number of hydrogen-bond donors (Lipinski definition) is 2. The molecular weight excluding hydrogens is 332 g/mol. The lowest BCUT2D eigenvalue weighted by Gasteiger charge is -2.09. The van der Waals surface area contributed by atoms with Gasteiger partial charge in [-0.3, -0.25) is 14.7 Å². The number of H-pyrrole nitrogens is 1. The molecular formula is C19H22N4O3. The molecule has 0 fully saturated rings. The molecule has 3 rings (SSSR count). The number of hydrogen-bond acceptors (Lipinski definition) is 4. The summed E-state index contributed by atoms with van der Waals surface area (Å²) in [5, 5.41) is 5.69. The number of aromatic nitrogens is 3. The minimum atomic E-state index is -0.302. The zero-order valence-corrected chi connectivity index (χ0v) is 15.1. The standard InChI is InChI=1S/C19H22N4O3/c1-4-7-14-12(2)22-17-15(11-21-23(17)19(14)25)18(24)20-10-13-8-5-6-9-16(13)26-3/h5-6,8-9,11,21H,4,7,10H2,1-3H3,(H,20,24). The van der Waals surface area contributed by atoms with E-state index < -0.39 is 0 Å². The number of methoxy groups -OCH3 is 1. The van der Waals surface area contributed by atoms with Crippen molar-refractivity contribution < 1.29 is 9.53 Å². The number of amides is 1. The fraction of sp³-hybridized carbons (Fsp3) is 0.316. The lowest BCUT2D eigenvalue weighted by molar-refractivity contribution is 0.0952.